The second kappa shape index (κ2) is 7.47. The minimum atomic E-state index is -3.42. The number of hydrogen-bond donors (Lipinski definition) is 2. The number of nitrogens with one attached hydrogen (secondary N) is 2. The number of carbonyl (C=O) groups is 2. The number of benzene rings is 2. The molecule has 0 aliphatic carbocycles. The molecule has 152 valence electrons. The van der Waals surface area contributed by atoms with Gasteiger partial charge in [0.25, 0.3) is 5.91 Å². The number of anilines is 1. The van der Waals surface area contributed by atoms with Gasteiger partial charge in [-0.2, -0.15) is 0 Å². The molecule has 0 aromatic heterocycles. The minimum Gasteiger partial charge on any atom is -0.325 e. The number of thioether (sulfide) groups is 1. The molecular formula is C20H21N3O4S2. The summed E-state index contributed by atoms with van der Waals surface area (Å²) in [5, 5.41) is 2.82. The molecule has 2 aromatic carbocycles. The van der Waals surface area contributed by atoms with E-state index in [0.29, 0.717) is 11.3 Å². The van der Waals surface area contributed by atoms with Crippen LogP contribution in [0.4, 0.5) is 5.69 Å². The summed E-state index contributed by atoms with van der Waals surface area (Å²) in [6.07, 6.45) is 3.33. The number of hydrogen-bond acceptors (Lipinski definition) is 5. The largest absolute Gasteiger partial charge is 0.325 e. The van der Waals surface area contributed by atoms with Gasteiger partial charge >= 0.3 is 0 Å². The van der Waals surface area contributed by atoms with Gasteiger partial charge in [0.15, 0.2) is 0 Å². The van der Waals surface area contributed by atoms with Crippen molar-refractivity contribution in [3.05, 3.63) is 48.0 Å². The number of nitrogens with zero attached hydrogens (tertiary/aromatic N) is 1. The Hall–Kier alpha value is -2.36. The Balaban J connectivity index is 1.67. The lowest BCUT2D eigenvalue weighted by Crippen LogP contribution is -2.41. The summed E-state index contributed by atoms with van der Waals surface area (Å²) in [6, 6.07) is 12.3. The number of amides is 2. The lowest BCUT2D eigenvalue weighted by molar-refractivity contribution is -0.119. The monoisotopic (exact) mass is 431 g/mol. The Morgan fingerprint density at radius 2 is 1.79 bits per heavy atom. The van der Waals surface area contributed by atoms with Gasteiger partial charge in [-0.1, -0.05) is 18.2 Å². The third-order valence-corrected chi connectivity index (χ3v) is 6.68. The molecule has 2 heterocycles. The molecule has 2 N–H and O–H groups in total. The first-order valence-electron chi connectivity index (χ1n) is 9.13. The molecule has 0 radical (unpaired) electrons. The lowest BCUT2D eigenvalue weighted by Gasteiger charge is -2.20. The summed E-state index contributed by atoms with van der Waals surface area (Å²) in [4.78, 5) is 28.5. The maximum absolute atomic E-state index is 13.2. The molecule has 1 fully saturated rings. The van der Waals surface area contributed by atoms with Crippen LogP contribution < -0.4 is 10.0 Å². The molecule has 9 heteroatoms. The van der Waals surface area contributed by atoms with Crippen molar-refractivity contribution in [3.8, 4) is 11.1 Å². The standard InChI is InChI=1S/C20H21N3O4S2/c1-28-15-6-3-12(4-7-15)13-5-8-17-16(9-13)20(25)23-11-14(22-29(2,26)27)10-18(23)19(24)21-17/h3-9,14,18,22H,10-11H2,1-2H3,(H,21,24). The molecule has 2 aromatic rings. The third-order valence-electron chi connectivity index (χ3n) is 5.18. The molecule has 4 rings (SSSR count). The van der Waals surface area contributed by atoms with Crippen LogP contribution in [0.5, 0.6) is 0 Å². The van der Waals surface area contributed by atoms with Crippen LogP contribution in [0.25, 0.3) is 11.1 Å². The van der Waals surface area contributed by atoms with Crippen molar-refractivity contribution in [3.63, 3.8) is 0 Å². The molecule has 2 aliphatic heterocycles. The highest BCUT2D eigenvalue weighted by Crippen LogP contribution is 2.32. The third kappa shape index (κ3) is 4.03. The average molecular weight is 432 g/mol. The van der Waals surface area contributed by atoms with Gasteiger partial charge < -0.3 is 10.2 Å². The van der Waals surface area contributed by atoms with Crippen molar-refractivity contribution < 1.29 is 18.0 Å². The highest BCUT2D eigenvalue weighted by Gasteiger charge is 2.43. The molecule has 0 spiro atoms. The summed E-state index contributed by atoms with van der Waals surface area (Å²) in [5.41, 5.74) is 2.74. The zero-order valence-corrected chi connectivity index (χ0v) is 17.6. The van der Waals surface area contributed by atoms with Crippen molar-refractivity contribution >= 4 is 39.3 Å². The fraction of sp³-hybridized carbons (Fsp3) is 0.300. The van der Waals surface area contributed by atoms with E-state index in [1.54, 1.807) is 23.9 Å². The summed E-state index contributed by atoms with van der Waals surface area (Å²) in [5.74, 6) is -0.573. The van der Waals surface area contributed by atoms with Gasteiger partial charge in [0, 0.05) is 17.5 Å². The van der Waals surface area contributed by atoms with Crippen LogP contribution in [0.3, 0.4) is 0 Å². The summed E-state index contributed by atoms with van der Waals surface area (Å²) >= 11 is 1.66. The van der Waals surface area contributed by atoms with Crippen LogP contribution in [-0.2, 0) is 14.8 Å². The van der Waals surface area contributed by atoms with Gasteiger partial charge in [-0.25, -0.2) is 13.1 Å². The van der Waals surface area contributed by atoms with E-state index < -0.39 is 22.1 Å². The summed E-state index contributed by atoms with van der Waals surface area (Å²) in [7, 11) is -3.42. The zero-order valence-electron chi connectivity index (χ0n) is 16.0. The zero-order chi connectivity index (χ0) is 20.8. The molecule has 0 saturated carbocycles. The Bertz CT molecular complexity index is 1080. The lowest BCUT2D eigenvalue weighted by atomic mass is 10.0. The van der Waals surface area contributed by atoms with Gasteiger partial charge in [-0.05, 0) is 48.1 Å². The molecule has 1 saturated heterocycles. The Morgan fingerprint density at radius 3 is 2.45 bits per heavy atom. The number of rotatable bonds is 4. The van der Waals surface area contributed by atoms with Crippen LogP contribution in [0.15, 0.2) is 47.4 Å². The first-order valence-corrected chi connectivity index (χ1v) is 12.2. The van der Waals surface area contributed by atoms with Gasteiger partial charge in [0.05, 0.1) is 17.5 Å². The maximum Gasteiger partial charge on any atom is 0.256 e. The van der Waals surface area contributed by atoms with E-state index in [2.05, 4.69) is 10.0 Å². The van der Waals surface area contributed by atoms with Crippen LogP contribution in [-0.4, -0.2) is 56.3 Å². The van der Waals surface area contributed by atoms with Crippen molar-refractivity contribution in [1.29, 1.82) is 0 Å². The molecule has 2 atom stereocenters. The summed E-state index contributed by atoms with van der Waals surface area (Å²) < 4.78 is 25.6. The van der Waals surface area contributed by atoms with E-state index in [1.807, 2.05) is 36.6 Å². The number of sulfonamides is 1. The van der Waals surface area contributed by atoms with Crippen LogP contribution in [0, 0.1) is 0 Å². The van der Waals surface area contributed by atoms with E-state index in [4.69, 9.17) is 0 Å². The van der Waals surface area contributed by atoms with E-state index in [1.165, 1.54) is 4.90 Å². The van der Waals surface area contributed by atoms with Crippen molar-refractivity contribution in [2.75, 3.05) is 24.4 Å². The summed E-state index contributed by atoms with van der Waals surface area (Å²) in [6.45, 7) is 0.163. The number of fused-ring (bicyclic) bond motifs is 2. The Labute approximate surface area is 173 Å². The molecule has 2 unspecified atom stereocenters. The van der Waals surface area contributed by atoms with Gasteiger partial charge in [-0.3, -0.25) is 9.59 Å². The van der Waals surface area contributed by atoms with Crippen LogP contribution >= 0.6 is 11.8 Å². The topological polar surface area (TPSA) is 95.6 Å². The van der Waals surface area contributed by atoms with Gasteiger partial charge in [-0.15, -0.1) is 11.8 Å². The molecular weight excluding hydrogens is 410 g/mol. The predicted octanol–water partition coefficient (Wildman–Crippen LogP) is 2.16. The van der Waals surface area contributed by atoms with Crippen molar-refractivity contribution in [1.82, 2.24) is 9.62 Å². The normalized spacial score (nSPS) is 21.4. The van der Waals surface area contributed by atoms with Crippen LogP contribution in [0.2, 0.25) is 0 Å². The smallest absolute Gasteiger partial charge is 0.256 e. The minimum absolute atomic E-state index is 0.163. The second-order valence-corrected chi connectivity index (χ2v) is 9.93. The maximum atomic E-state index is 13.2. The average Bonchev–Trinajstić information content (AvgIpc) is 3.06. The first kappa shape index (κ1) is 19.9. The second-order valence-electron chi connectivity index (χ2n) is 7.27. The van der Waals surface area contributed by atoms with Crippen LogP contribution in [0.1, 0.15) is 16.8 Å². The Kier molecular flexibility index (Phi) is 5.14. The fourth-order valence-corrected chi connectivity index (χ4v) is 5.05. The van der Waals surface area contributed by atoms with E-state index >= 15 is 0 Å². The molecule has 7 nitrogen and oxygen atoms in total. The molecule has 2 aliphatic rings. The van der Waals surface area contributed by atoms with Crippen molar-refractivity contribution in [2.45, 2.75) is 23.4 Å². The van der Waals surface area contributed by atoms with E-state index in [0.717, 1.165) is 22.3 Å². The Morgan fingerprint density at radius 1 is 1.10 bits per heavy atom. The quantitative estimate of drug-likeness (QED) is 0.724. The highest BCUT2D eigenvalue weighted by atomic mass is 32.2. The van der Waals surface area contributed by atoms with E-state index in [-0.39, 0.29) is 24.8 Å². The first-order chi connectivity index (χ1) is 13.7. The molecule has 29 heavy (non-hydrogen) atoms. The number of carbonyl (C=O) groups excluding carboxylic acids is 2. The van der Waals surface area contributed by atoms with Gasteiger partial charge in [0.2, 0.25) is 15.9 Å². The fourth-order valence-electron chi connectivity index (χ4n) is 3.86. The predicted molar refractivity (Wildman–Crippen MR) is 113 cm³/mol. The molecule has 2 amide bonds. The molecule has 0 bridgehead atoms. The van der Waals surface area contributed by atoms with Crippen molar-refractivity contribution in [2.24, 2.45) is 0 Å². The van der Waals surface area contributed by atoms with Gasteiger partial charge in [0.1, 0.15) is 6.04 Å². The SMILES string of the molecule is CSc1ccc(-c2ccc3c(c2)C(=O)N2CC(NS(C)(=O)=O)CC2C(=O)N3)cc1. The van der Waals surface area contributed by atoms with E-state index in [9.17, 15) is 18.0 Å². The highest BCUT2D eigenvalue weighted by molar-refractivity contribution is 7.98.